The van der Waals surface area contributed by atoms with Gasteiger partial charge in [-0.3, -0.25) is 0 Å². The molecule has 238 valence electrons. The molecule has 0 saturated carbocycles. The number of aliphatic hydroxyl groups excluding tert-OH is 4. The van der Waals surface area contributed by atoms with E-state index >= 15 is 0 Å². The highest BCUT2D eigenvalue weighted by atomic mass is 16.8. The van der Waals surface area contributed by atoms with Gasteiger partial charge in [-0.15, -0.1) is 0 Å². The third-order valence-corrected chi connectivity index (χ3v) is 6.97. The Labute approximate surface area is 245 Å². The minimum atomic E-state index is -2.16. The first-order valence-corrected chi connectivity index (χ1v) is 12.9. The highest BCUT2D eigenvalue weighted by molar-refractivity contribution is 5.90. The standard InChI is InChI=1S/C27H34O16/c1-36-15-6-12(4-5-14(15)30)24(34)39-10-27(35)11-40-26(23(27)33)43-22-20(32)19(31)18(9-28)41-25(22)42-21-16(37-2)7-13(29)8-17(21)38-3/h4-8,18-20,22-23,25-26,28-33,35H,9-11H2,1-3H3. The molecule has 0 aliphatic carbocycles. The highest BCUT2D eigenvalue weighted by Crippen LogP contribution is 2.43. The lowest BCUT2D eigenvalue weighted by molar-refractivity contribution is -0.319. The lowest BCUT2D eigenvalue weighted by Gasteiger charge is -2.42. The molecule has 0 aromatic heterocycles. The molecule has 0 amide bonds. The summed E-state index contributed by atoms with van der Waals surface area (Å²) in [6.45, 7) is -2.02. The van der Waals surface area contributed by atoms with E-state index in [0.717, 1.165) is 0 Å². The van der Waals surface area contributed by atoms with Crippen molar-refractivity contribution in [1.82, 2.24) is 0 Å². The zero-order valence-electron chi connectivity index (χ0n) is 23.4. The molecule has 2 aromatic rings. The summed E-state index contributed by atoms with van der Waals surface area (Å²) in [4.78, 5) is 12.5. The highest BCUT2D eigenvalue weighted by Gasteiger charge is 2.54. The average molecular weight is 615 g/mol. The number of carbonyl (C=O) groups excluding carboxylic acids is 1. The van der Waals surface area contributed by atoms with Crippen LogP contribution in [0.15, 0.2) is 30.3 Å². The van der Waals surface area contributed by atoms with E-state index < -0.39 is 74.5 Å². The lowest BCUT2D eigenvalue weighted by Crippen LogP contribution is -2.62. The van der Waals surface area contributed by atoms with E-state index in [1.165, 1.54) is 51.7 Å². The van der Waals surface area contributed by atoms with Crippen molar-refractivity contribution in [3.63, 3.8) is 0 Å². The number of methoxy groups -OCH3 is 3. The Balaban J connectivity index is 1.50. The molecule has 2 aliphatic rings. The molecule has 4 rings (SSSR count). The number of hydrogen-bond donors (Lipinski definition) is 7. The molecule has 16 nitrogen and oxygen atoms in total. The zero-order valence-corrected chi connectivity index (χ0v) is 23.4. The van der Waals surface area contributed by atoms with Gasteiger partial charge in [-0.05, 0) is 18.2 Å². The Kier molecular flexibility index (Phi) is 10.0. The van der Waals surface area contributed by atoms with E-state index in [1.54, 1.807) is 0 Å². The van der Waals surface area contributed by atoms with Crippen LogP contribution in [0.4, 0.5) is 0 Å². The van der Waals surface area contributed by atoms with Gasteiger partial charge in [-0.25, -0.2) is 4.79 Å². The van der Waals surface area contributed by atoms with E-state index in [4.69, 9.17) is 37.9 Å². The summed E-state index contributed by atoms with van der Waals surface area (Å²) in [5, 5.41) is 72.6. The zero-order chi connectivity index (χ0) is 31.5. The Hall–Kier alpha value is -3.61. The van der Waals surface area contributed by atoms with Crippen LogP contribution in [0.1, 0.15) is 10.4 Å². The first-order chi connectivity index (χ1) is 20.5. The molecule has 43 heavy (non-hydrogen) atoms. The molecule has 2 aromatic carbocycles. The van der Waals surface area contributed by atoms with Gasteiger partial charge in [0.15, 0.2) is 41.0 Å². The van der Waals surface area contributed by atoms with E-state index in [2.05, 4.69) is 0 Å². The van der Waals surface area contributed by atoms with Crippen molar-refractivity contribution in [2.75, 3.05) is 41.2 Å². The summed E-state index contributed by atoms with van der Waals surface area (Å²) >= 11 is 0. The van der Waals surface area contributed by atoms with Crippen LogP contribution in [0.5, 0.6) is 34.5 Å². The van der Waals surface area contributed by atoms with Crippen molar-refractivity contribution >= 4 is 5.97 Å². The number of esters is 1. The van der Waals surface area contributed by atoms with Crippen molar-refractivity contribution in [2.24, 2.45) is 0 Å². The summed E-state index contributed by atoms with van der Waals surface area (Å²) in [6, 6.07) is 6.14. The van der Waals surface area contributed by atoms with E-state index in [-0.39, 0.29) is 40.1 Å². The summed E-state index contributed by atoms with van der Waals surface area (Å²) in [6.07, 6.45) is -11.4. The van der Waals surface area contributed by atoms with Crippen LogP contribution in [0.25, 0.3) is 0 Å². The molecule has 2 aliphatic heterocycles. The van der Waals surface area contributed by atoms with Gasteiger partial charge in [-0.2, -0.15) is 0 Å². The molecule has 2 fully saturated rings. The van der Waals surface area contributed by atoms with Crippen LogP contribution in [0.2, 0.25) is 0 Å². The van der Waals surface area contributed by atoms with Crippen LogP contribution >= 0.6 is 0 Å². The smallest absolute Gasteiger partial charge is 0.338 e. The third kappa shape index (κ3) is 6.66. The van der Waals surface area contributed by atoms with Crippen LogP contribution in [-0.4, -0.2) is 132 Å². The van der Waals surface area contributed by atoms with Gasteiger partial charge in [0, 0.05) is 12.1 Å². The molecule has 0 bridgehead atoms. The number of aromatic hydroxyl groups is 2. The Morgan fingerprint density at radius 2 is 1.60 bits per heavy atom. The van der Waals surface area contributed by atoms with Gasteiger partial charge < -0.3 is 73.6 Å². The largest absolute Gasteiger partial charge is 0.508 e. The maximum absolute atomic E-state index is 12.5. The van der Waals surface area contributed by atoms with Gasteiger partial charge in [0.1, 0.15) is 36.8 Å². The van der Waals surface area contributed by atoms with Crippen molar-refractivity contribution < 1.29 is 78.4 Å². The van der Waals surface area contributed by atoms with Gasteiger partial charge in [-0.1, -0.05) is 0 Å². The average Bonchev–Trinajstić information content (AvgIpc) is 3.28. The van der Waals surface area contributed by atoms with E-state index in [9.17, 15) is 40.5 Å². The van der Waals surface area contributed by atoms with Gasteiger partial charge in [0.25, 0.3) is 0 Å². The number of phenolic OH excluding ortho intramolecular Hbond substituents is 2. The molecule has 2 heterocycles. The summed E-state index contributed by atoms with van der Waals surface area (Å²) in [5.74, 6) is -1.39. The molecule has 0 spiro atoms. The fraction of sp³-hybridized carbons (Fsp3) is 0.519. The Morgan fingerprint density at radius 1 is 0.953 bits per heavy atom. The Bertz CT molecular complexity index is 1250. The Morgan fingerprint density at radius 3 is 2.21 bits per heavy atom. The minimum Gasteiger partial charge on any atom is -0.508 e. The molecule has 8 atom stereocenters. The normalized spacial score (nSPS) is 30.5. The lowest BCUT2D eigenvalue weighted by atomic mass is 9.98. The number of aliphatic hydroxyl groups is 5. The second-order valence-electron chi connectivity index (χ2n) is 9.80. The van der Waals surface area contributed by atoms with Crippen LogP contribution in [0.3, 0.4) is 0 Å². The molecule has 7 N–H and O–H groups in total. The van der Waals surface area contributed by atoms with Crippen molar-refractivity contribution in [2.45, 2.75) is 48.7 Å². The predicted molar refractivity (Wildman–Crippen MR) is 140 cm³/mol. The van der Waals surface area contributed by atoms with Gasteiger partial charge in [0.05, 0.1) is 40.1 Å². The second kappa shape index (κ2) is 13.4. The number of carbonyl (C=O) groups is 1. The SMILES string of the molecule is COc1cc(C(=O)OCC2(O)COC(OC3C(Oc4c(OC)cc(O)cc4OC)OC(CO)C(O)C3O)C2O)ccc1O. The quantitative estimate of drug-likeness (QED) is 0.145. The van der Waals surface area contributed by atoms with Crippen LogP contribution in [-0.2, 0) is 18.9 Å². The topological polar surface area (TPSA) is 233 Å². The second-order valence-corrected chi connectivity index (χ2v) is 9.80. The maximum atomic E-state index is 12.5. The minimum absolute atomic E-state index is 0.0000455. The molecule has 16 heteroatoms. The first kappa shape index (κ1) is 32.3. The fourth-order valence-corrected chi connectivity index (χ4v) is 4.52. The monoisotopic (exact) mass is 614 g/mol. The maximum Gasteiger partial charge on any atom is 0.338 e. The number of rotatable bonds is 11. The van der Waals surface area contributed by atoms with Crippen molar-refractivity contribution in [3.05, 3.63) is 35.9 Å². The third-order valence-electron chi connectivity index (χ3n) is 6.97. The molecular weight excluding hydrogens is 580 g/mol. The molecule has 2 saturated heterocycles. The first-order valence-electron chi connectivity index (χ1n) is 12.9. The number of phenols is 2. The summed E-state index contributed by atoms with van der Waals surface area (Å²) in [7, 11) is 3.88. The van der Waals surface area contributed by atoms with Gasteiger partial charge >= 0.3 is 5.97 Å². The number of hydrogen-bond acceptors (Lipinski definition) is 16. The predicted octanol–water partition coefficient (Wildman–Crippen LogP) is -1.37. The number of benzene rings is 2. The van der Waals surface area contributed by atoms with E-state index in [0.29, 0.717) is 0 Å². The van der Waals surface area contributed by atoms with Crippen molar-refractivity contribution in [3.8, 4) is 34.5 Å². The number of ether oxygens (including phenoxy) is 8. The van der Waals surface area contributed by atoms with E-state index in [1.807, 2.05) is 0 Å². The van der Waals surface area contributed by atoms with Crippen LogP contribution < -0.4 is 18.9 Å². The van der Waals surface area contributed by atoms with Gasteiger partial charge in [0.2, 0.25) is 12.0 Å². The molecule has 8 unspecified atom stereocenters. The molecule has 0 radical (unpaired) electrons. The summed E-state index contributed by atoms with van der Waals surface area (Å²) < 4.78 is 43.3. The van der Waals surface area contributed by atoms with Crippen LogP contribution in [0, 0.1) is 0 Å². The fourth-order valence-electron chi connectivity index (χ4n) is 4.52. The summed E-state index contributed by atoms with van der Waals surface area (Å²) in [5.41, 5.74) is -2.16. The van der Waals surface area contributed by atoms with Crippen molar-refractivity contribution in [1.29, 1.82) is 0 Å². The molecular formula is C27H34O16.